The molecule has 0 saturated carbocycles. The Morgan fingerprint density at radius 2 is 2.21 bits per heavy atom. The van der Waals surface area contributed by atoms with Gasteiger partial charge in [0.05, 0.1) is 5.25 Å². The number of nitrogens with zero attached hydrogens (tertiary/aromatic N) is 4. The Labute approximate surface area is 166 Å². The number of allylic oxidation sites excluding steroid dienone is 1. The minimum absolute atomic E-state index is 0.246. The molecule has 0 saturated heterocycles. The Hall–Kier alpha value is -3.00. The lowest BCUT2D eigenvalue weighted by Gasteiger charge is -2.13. The number of rotatable bonds is 7. The molecule has 2 heterocycles. The summed E-state index contributed by atoms with van der Waals surface area (Å²) in [7, 11) is 0. The molecule has 0 aliphatic heterocycles. The maximum absolute atomic E-state index is 13.7. The molecule has 1 amide bonds. The van der Waals surface area contributed by atoms with E-state index in [0.717, 1.165) is 5.56 Å². The molecule has 0 aliphatic carbocycles. The number of hydrogen-bond donors (Lipinski definition) is 1. The second-order valence-corrected chi connectivity index (χ2v) is 7.47. The van der Waals surface area contributed by atoms with E-state index in [2.05, 4.69) is 27.1 Å². The van der Waals surface area contributed by atoms with Crippen molar-refractivity contribution in [2.24, 2.45) is 0 Å². The molecule has 0 radical (unpaired) electrons. The van der Waals surface area contributed by atoms with Crippen molar-refractivity contribution in [2.75, 3.05) is 5.32 Å². The van der Waals surface area contributed by atoms with Gasteiger partial charge in [-0.25, -0.2) is 4.39 Å². The summed E-state index contributed by atoms with van der Waals surface area (Å²) in [6, 6.07) is 8.34. The molecular weight excluding hydrogens is 377 g/mol. The van der Waals surface area contributed by atoms with Crippen LogP contribution in [0.15, 0.2) is 60.5 Å². The van der Waals surface area contributed by atoms with Crippen LogP contribution >= 0.6 is 11.8 Å². The summed E-state index contributed by atoms with van der Waals surface area (Å²) in [5.41, 5.74) is 1.78. The van der Waals surface area contributed by atoms with E-state index in [1.54, 1.807) is 44.4 Å². The third-order valence-corrected chi connectivity index (χ3v) is 5.12. The summed E-state index contributed by atoms with van der Waals surface area (Å²) < 4.78 is 15.6. The van der Waals surface area contributed by atoms with Gasteiger partial charge in [-0.3, -0.25) is 14.3 Å². The summed E-state index contributed by atoms with van der Waals surface area (Å²) in [6.07, 6.45) is 5.14. The minimum atomic E-state index is -0.459. The van der Waals surface area contributed by atoms with E-state index in [1.807, 2.05) is 16.7 Å². The number of halogens is 1. The summed E-state index contributed by atoms with van der Waals surface area (Å²) in [4.78, 5) is 16.6. The highest BCUT2D eigenvalue weighted by molar-refractivity contribution is 8.00. The van der Waals surface area contributed by atoms with Crippen LogP contribution in [0.25, 0.3) is 11.4 Å². The SMILES string of the molecule is C=CCn1c(S[C@H](C)C(=O)Nc2ccc(C)c(F)c2)nnc1-c1cccnc1. The average Bonchev–Trinajstić information content (AvgIpc) is 3.08. The first-order valence-corrected chi connectivity index (χ1v) is 9.55. The van der Waals surface area contributed by atoms with Gasteiger partial charge in [-0.2, -0.15) is 0 Å². The quantitative estimate of drug-likeness (QED) is 0.480. The Bertz CT molecular complexity index is 990. The number of benzene rings is 1. The smallest absolute Gasteiger partial charge is 0.237 e. The highest BCUT2D eigenvalue weighted by Gasteiger charge is 2.21. The highest BCUT2D eigenvalue weighted by Crippen LogP contribution is 2.27. The molecule has 3 aromatic rings. The Morgan fingerprint density at radius 1 is 1.39 bits per heavy atom. The Morgan fingerprint density at radius 3 is 2.89 bits per heavy atom. The van der Waals surface area contributed by atoms with Crippen LogP contribution in [0.5, 0.6) is 0 Å². The molecule has 0 fully saturated rings. The van der Waals surface area contributed by atoms with E-state index in [4.69, 9.17) is 0 Å². The predicted molar refractivity (Wildman–Crippen MR) is 109 cm³/mol. The molecule has 6 nitrogen and oxygen atoms in total. The van der Waals surface area contributed by atoms with Gasteiger partial charge in [-0.15, -0.1) is 16.8 Å². The maximum atomic E-state index is 13.7. The van der Waals surface area contributed by atoms with E-state index >= 15 is 0 Å². The van der Waals surface area contributed by atoms with E-state index in [9.17, 15) is 9.18 Å². The van der Waals surface area contributed by atoms with Gasteiger partial charge in [0.15, 0.2) is 11.0 Å². The van der Waals surface area contributed by atoms with Crippen molar-refractivity contribution in [3.63, 3.8) is 0 Å². The third kappa shape index (κ3) is 4.45. The zero-order valence-electron chi connectivity index (χ0n) is 15.6. The lowest BCUT2D eigenvalue weighted by Crippen LogP contribution is -2.23. The molecule has 1 N–H and O–H groups in total. The zero-order chi connectivity index (χ0) is 20.1. The molecule has 1 aromatic carbocycles. The summed E-state index contributed by atoms with van der Waals surface area (Å²) in [5, 5.41) is 11.3. The number of carbonyl (C=O) groups excluding carboxylic acids is 1. The number of amides is 1. The topological polar surface area (TPSA) is 72.7 Å². The molecule has 144 valence electrons. The maximum Gasteiger partial charge on any atom is 0.237 e. The number of hydrogen-bond acceptors (Lipinski definition) is 5. The van der Waals surface area contributed by atoms with Crippen LogP contribution in [-0.4, -0.2) is 30.9 Å². The largest absolute Gasteiger partial charge is 0.325 e. The van der Waals surface area contributed by atoms with Crippen LogP contribution in [0.2, 0.25) is 0 Å². The first-order chi connectivity index (χ1) is 13.5. The van der Waals surface area contributed by atoms with Crippen molar-refractivity contribution >= 4 is 23.4 Å². The summed E-state index contributed by atoms with van der Waals surface area (Å²) >= 11 is 1.28. The van der Waals surface area contributed by atoms with E-state index in [-0.39, 0.29) is 11.7 Å². The van der Waals surface area contributed by atoms with Crippen LogP contribution < -0.4 is 5.32 Å². The summed E-state index contributed by atoms with van der Waals surface area (Å²) in [6.45, 7) is 7.72. The molecule has 0 bridgehead atoms. The van der Waals surface area contributed by atoms with Gasteiger partial charge in [0.1, 0.15) is 5.82 Å². The second-order valence-electron chi connectivity index (χ2n) is 6.16. The predicted octanol–water partition coefficient (Wildman–Crippen LogP) is 4.09. The number of anilines is 1. The van der Waals surface area contributed by atoms with Crippen molar-refractivity contribution < 1.29 is 9.18 Å². The molecule has 28 heavy (non-hydrogen) atoms. The van der Waals surface area contributed by atoms with Gasteiger partial charge >= 0.3 is 0 Å². The second kappa shape index (κ2) is 8.79. The van der Waals surface area contributed by atoms with Crippen LogP contribution in [-0.2, 0) is 11.3 Å². The summed E-state index contributed by atoms with van der Waals surface area (Å²) in [5.74, 6) is 0.0537. The van der Waals surface area contributed by atoms with Crippen LogP contribution in [0, 0.1) is 12.7 Å². The molecule has 3 rings (SSSR count). The first-order valence-electron chi connectivity index (χ1n) is 8.67. The number of pyridine rings is 1. The minimum Gasteiger partial charge on any atom is -0.325 e. The van der Waals surface area contributed by atoms with Gasteiger partial charge < -0.3 is 5.32 Å². The molecule has 0 aliphatic rings. The lowest BCUT2D eigenvalue weighted by atomic mass is 10.2. The van der Waals surface area contributed by atoms with Crippen molar-refractivity contribution in [3.8, 4) is 11.4 Å². The van der Waals surface area contributed by atoms with Gasteiger partial charge in [-0.1, -0.05) is 23.9 Å². The fourth-order valence-electron chi connectivity index (χ4n) is 2.50. The van der Waals surface area contributed by atoms with Crippen LogP contribution in [0.1, 0.15) is 12.5 Å². The molecule has 1 atom stereocenters. The number of nitrogens with one attached hydrogen (secondary N) is 1. The van der Waals surface area contributed by atoms with Gasteiger partial charge in [0.2, 0.25) is 5.91 Å². The first kappa shape index (κ1) is 19.8. The number of aromatic nitrogens is 4. The molecule has 0 unspecified atom stereocenters. The number of carbonyl (C=O) groups is 1. The third-order valence-electron chi connectivity index (χ3n) is 4.04. The molecule has 0 spiro atoms. The van der Waals surface area contributed by atoms with E-state index in [1.165, 1.54) is 17.8 Å². The zero-order valence-corrected chi connectivity index (χ0v) is 16.4. The van der Waals surface area contributed by atoms with Crippen molar-refractivity contribution in [2.45, 2.75) is 30.8 Å². The van der Waals surface area contributed by atoms with Crippen molar-refractivity contribution in [3.05, 3.63) is 66.8 Å². The van der Waals surface area contributed by atoms with Crippen LogP contribution in [0.3, 0.4) is 0 Å². The molecular formula is C20H20FN5OS. The van der Waals surface area contributed by atoms with E-state index in [0.29, 0.717) is 28.8 Å². The monoisotopic (exact) mass is 397 g/mol. The average molecular weight is 397 g/mol. The van der Waals surface area contributed by atoms with Gasteiger partial charge in [-0.05, 0) is 43.7 Å². The van der Waals surface area contributed by atoms with Gasteiger partial charge in [0.25, 0.3) is 0 Å². The number of aryl methyl sites for hydroxylation is 1. The lowest BCUT2D eigenvalue weighted by molar-refractivity contribution is -0.115. The van der Waals surface area contributed by atoms with E-state index < -0.39 is 5.25 Å². The van der Waals surface area contributed by atoms with Crippen LogP contribution in [0.4, 0.5) is 10.1 Å². The fourth-order valence-corrected chi connectivity index (χ4v) is 3.36. The number of thioether (sulfide) groups is 1. The molecule has 8 heteroatoms. The van der Waals surface area contributed by atoms with Gasteiger partial charge in [0, 0.05) is 30.2 Å². The fraction of sp³-hybridized carbons (Fsp3) is 0.200. The Balaban J connectivity index is 1.76. The highest BCUT2D eigenvalue weighted by atomic mass is 32.2. The Kier molecular flexibility index (Phi) is 6.20. The normalized spacial score (nSPS) is 11.8. The molecule has 2 aromatic heterocycles. The van der Waals surface area contributed by atoms with Crippen molar-refractivity contribution in [1.82, 2.24) is 19.7 Å². The van der Waals surface area contributed by atoms with Crippen molar-refractivity contribution in [1.29, 1.82) is 0 Å². The standard InChI is InChI=1S/C20H20FN5OS/c1-4-10-26-18(15-6-5-9-22-12-15)24-25-20(26)28-14(3)19(27)23-16-8-7-13(2)17(21)11-16/h4-9,11-12,14H,1,10H2,2-3H3,(H,23,27)/t14-/m1/s1.